The van der Waals surface area contributed by atoms with Crippen LogP contribution in [0.2, 0.25) is 0 Å². The average molecular weight is 419 g/mol. The van der Waals surface area contributed by atoms with E-state index in [4.69, 9.17) is 12.2 Å². The highest BCUT2D eigenvalue weighted by atomic mass is 32.2. The van der Waals surface area contributed by atoms with Crippen molar-refractivity contribution in [3.8, 4) is 0 Å². The maximum absolute atomic E-state index is 13.8. The van der Waals surface area contributed by atoms with Crippen LogP contribution in [0.1, 0.15) is 11.1 Å². The Morgan fingerprint density at radius 3 is 2.63 bits per heavy atom. The number of rotatable bonds is 2. The van der Waals surface area contributed by atoms with Gasteiger partial charge in [0.15, 0.2) is 10.2 Å². The number of hydrogen-bond donors (Lipinski definition) is 1. The molecule has 27 heavy (non-hydrogen) atoms. The van der Waals surface area contributed by atoms with Crippen LogP contribution in [0, 0.1) is 5.82 Å². The van der Waals surface area contributed by atoms with E-state index < -0.39 is 21.7 Å². The summed E-state index contributed by atoms with van der Waals surface area (Å²) in [5.41, 5.74) is 3.28. The highest BCUT2D eigenvalue weighted by Gasteiger charge is 2.36. The summed E-state index contributed by atoms with van der Waals surface area (Å²) in [4.78, 5) is 12.9. The summed E-state index contributed by atoms with van der Waals surface area (Å²) in [6.07, 6.45) is 1.40. The second kappa shape index (κ2) is 6.55. The molecule has 0 atom stereocenters. The number of amides is 1. The molecule has 10 heteroatoms. The third-order valence-corrected chi connectivity index (χ3v) is 6.47. The van der Waals surface area contributed by atoms with E-state index in [2.05, 4.69) is 9.82 Å². The molecule has 2 aliphatic rings. The van der Waals surface area contributed by atoms with Crippen LogP contribution in [-0.4, -0.2) is 29.5 Å². The largest absolute Gasteiger partial charge is 0.285 e. The first-order valence-corrected chi connectivity index (χ1v) is 10.3. The minimum atomic E-state index is -3.83. The van der Waals surface area contributed by atoms with E-state index in [1.165, 1.54) is 18.2 Å². The zero-order valence-electron chi connectivity index (χ0n) is 13.4. The predicted molar refractivity (Wildman–Crippen MR) is 105 cm³/mol. The summed E-state index contributed by atoms with van der Waals surface area (Å²) in [6, 6.07) is 12.3. The molecule has 136 valence electrons. The maximum Gasteiger partial charge on any atom is 0.285 e. The van der Waals surface area contributed by atoms with Crippen molar-refractivity contribution in [1.82, 2.24) is 10.4 Å². The fourth-order valence-corrected chi connectivity index (χ4v) is 4.93. The van der Waals surface area contributed by atoms with Crippen LogP contribution in [0.15, 0.2) is 62.7 Å². The van der Waals surface area contributed by atoms with Gasteiger partial charge in [0.05, 0.1) is 4.91 Å². The van der Waals surface area contributed by atoms with Gasteiger partial charge in [-0.15, -0.1) is 4.40 Å². The molecular weight excluding hydrogens is 409 g/mol. The van der Waals surface area contributed by atoms with Gasteiger partial charge in [-0.2, -0.15) is 13.4 Å². The number of thioether (sulfide) groups is 1. The highest BCUT2D eigenvalue weighted by Crippen LogP contribution is 2.33. The van der Waals surface area contributed by atoms with Gasteiger partial charge in [-0.25, -0.2) is 4.39 Å². The van der Waals surface area contributed by atoms with E-state index in [0.29, 0.717) is 5.56 Å². The Morgan fingerprint density at radius 2 is 1.85 bits per heavy atom. The highest BCUT2D eigenvalue weighted by molar-refractivity contribution is 8.26. The van der Waals surface area contributed by atoms with Gasteiger partial charge in [-0.05, 0) is 36.5 Å². The molecule has 1 N–H and O–H groups in total. The molecule has 2 aromatic rings. The van der Waals surface area contributed by atoms with E-state index >= 15 is 0 Å². The second-order valence-corrected chi connectivity index (χ2v) is 8.81. The number of hydrazine groups is 1. The quantitative estimate of drug-likeness (QED) is 0.596. The van der Waals surface area contributed by atoms with Crippen LogP contribution < -0.4 is 5.43 Å². The molecular formula is C17H10FN3O3S3. The summed E-state index contributed by atoms with van der Waals surface area (Å²) >= 11 is 6.19. The van der Waals surface area contributed by atoms with Crippen molar-refractivity contribution in [2.45, 2.75) is 4.90 Å². The van der Waals surface area contributed by atoms with Crippen molar-refractivity contribution in [2.75, 3.05) is 0 Å². The standard InChI is InChI=1S/C17H10FN3O3S3/c18-12-7-3-1-5-10(12)9-13-16(22)21(17(25)26-13)19-15-11-6-2-4-8-14(11)27(23,24)20-15/h1-9H,(H,19,20)/b13-9+. The first-order chi connectivity index (χ1) is 12.9. The van der Waals surface area contributed by atoms with Gasteiger partial charge in [0.25, 0.3) is 15.9 Å². The van der Waals surface area contributed by atoms with Crippen molar-refractivity contribution < 1.29 is 17.6 Å². The van der Waals surface area contributed by atoms with E-state index in [9.17, 15) is 17.6 Å². The fourth-order valence-electron chi connectivity index (χ4n) is 2.59. The van der Waals surface area contributed by atoms with Crippen LogP contribution in [0.5, 0.6) is 0 Å². The number of halogens is 1. The van der Waals surface area contributed by atoms with Gasteiger partial charge in [-0.1, -0.05) is 42.1 Å². The monoisotopic (exact) mass is 419 g/mol. The minimum Gasteiger partial charge on any atom is -0.272 e. The van der Waals surface area contributed by atoms with Gasteiger partial charge in [-0.3, -0.25) is 10.2 Å². The van der Waals surface area contributed by atoms with Crippen molar-refractivity contribution in [3.05, 3.63) is 70.4 Å². The number of carbonyl (C=O) groups excluding carboxylic acids is 1. The minimum absolute atomic E-state index is 0.00837. The summed E-state index contributed by atoms with van der Waals surface area (Å²) in [6.45, 7) is 0. The normalized spacial score (nSPS) is 19.4. The fraction of sp³-hybridized carbons (Fsp3) is 0. The lowest BCUT2D eigenvalue weighted by molar-refractivity contribution is -0.123. The Hall–Kier alpha value is -2.56. The lowest BCUT2D eigenvalue weighted by Gasteiger charge is -2.16. The summed E-state index contributed by atoms with van der Waals surface area (Å²) in [7, 11) is -3.83. The molecule has 0 aliphatic carbocycles. The number of nitrogens with one attached hydrogen (secondary N) is 1. The average Bonchev–Trinajstić information content (AvgIpc) is 3.05. The lowest BCUT2D eigenvalue weighted by Crippen LogP contribution is -2.44. The first kappa shape index (κ1) is 17.8. The molecule has 1 fully saturated rings. The summed E-state index contributed by atoms with van der Waals surface area (Å²) in [5, 5.41) is 1.03. The van der Waals surface area contributed by atoms with E-state index in [1.54, 1.807) is 36.4 Å². The molecule has 4 rings (SSSR count). The van der Waals surface area contributed by atoms with Gasteiger partial charge < -0.3 is 0 Å². The SMILES string of the molecule is O=C1/C(=C\c2ccccc2F)SC(=S)N1NC1=NS(=O)(=O)c2ccccc21. The number of fused-ring (bicyclic) bond motifs is 1. The summed E-state index contributed by atoms with van der Waals surface area (Å²) < 4.78 is 41.9. The number of nitrogens with zero attached hydrogens (tertiary/aromatic N) is 2. The molecule has 1 amide bonds. The van der Waals surface area contributed by atoms with Crippen LogP contribution >= 0.6 is 24.0 Å². The van der Waals surface area contributed by atoms with Gasteiger partial charge >= 0.3 is 0 Å². The molecule has 2 heterocycles. The number of sulfonamides is 1. The smallest absolute Gasteiger partial charge is 0.272 e. The lowest BCUT2D eigenvalue weighted by atomic mass is 10.2. The van der Waals surface area contributed by atoms with E-state index in [1.807, 2.05) is 0 Å². The van der Waals surface area contributed by atoms with Crippen LogP contribution in [0.3, 0.4) is 0 Å². The Morgan fingerprint density at radius 1 is 1.15 bits per heavy atom. The molecule has 0 unspecified atom stereocenters. The van der Waals surface area contributed by atoms with Crippen molar-refractivity contribution in [2.24, 2.45) is 4.40 Å². The molecule has 0 aromatic heterocycles. The molecule has 2 aromatic carbocycles. The number of thiocarbonyl (C=S) groups is 1. The van der Waals surface area contributed by atoms with Gasteiger partial charge in [0.1, 0.15) is 10.7 Å². The third-order valence-electron chi connectivity index (χ3n) is 3.83. The number of benzene rings is 2. The van der Waals surface area contributed by atoms with Crippen molar-refractivity contribution in [3.63, 3.8) is 0 Å². The third kappa shape index (κ3) is 3.15. The molecule has 0 bridgehead atoms. The van der Waals surface area contributed by atoms with Crippen LogP contribution in [0.25, 0.3) is 6.08 Å². The Labute approximate surface area is 163 Å². The summed E-state index contributed by atoms with van der Waals surface area (Å²) in [5.74, 6) is -0.970. The Bertz CT molecular complexity index is 1160. The Balaban J connectivity index is 1.64. The molecule has 0 spiro atoms. The molecule has 0 saturated carbocycles. The van der Waals surface area contributed by atoms with Crippen LogP contribution in [0.4, 0.5) is 4.39 Å². The van der Waals surface area contributed by atoms with E-state index in [0.717, 1.165) is 16.8 Å². The van der Waals surface area contributed by atoms with Gasteiger partial charge in [0, 0.05) is 11.1 Å². The number of carbonyl (C=O) groups is 1. The first-order valence-electron chi connectivity index (χ1n) is 7.60. The van der Waals surface area contributed by atoms with Crippen molar-refractivity contribution in [1.29, 1.82) is 0 Å². The number of amidine groups is 1. The second-order valence-electron chi connectivity index (χ2n) is 5.56. The molecule has 2 aliphatic heterocycles. The molecule has 6 nitrogen and oxygen atoms in total. The zero-order valence-corrected chi connectivity index (χ0v) is 15.9. The van der Waals surface area contributed by atoms with Crippen LogP contribution in [-0.2, 0) is 14.8 Å². The topological polar surface area (TPSA) is 78.8 Å². The van der Waals surface area contributed by atoms with Crippen molar-refractivity contribution >= 4 is 56.1 Å². The maximum atomic E-state index is 13.8. The predicted octanol–water partition coefficient (Wildman–Crippen LogP) is 2.68. The Kier molecular flexibility index (Phi) is 4.33. The number of hydrogen-bond acceptors (Lipinski definition) is 6. The molecule has 0 radical (unpaired) electrons. The van der Waals surface area contributed by atoms with E-state index in [-0.39, 0.29) is 25.5 Å². The molecule has 1 saturated heterocycles. The zero-order chi connectivity index (χ0) is 19.2. The van der Waals surface area contributed by atoms with Gasteiger partial charge in [0.2, 0.25) is 0 Å².